The number of fused-ring (bicyclic) bond motifs is 3. The van der Waals surface area contributed by atoms with E-state index in [-0.39, 0.29) is 19.1 Å². The molecule has 3 aromatic heterocycles. The van der Waals surface area contributed by atoms with E-state index >= 15 is 0 Å². The fourth-order valence-corrected chi connectivity index (χ4v) is 4.57. The van der Waals surface area contributed by atoms with Gasteiger partial charge in [-0.2, -0.15) is 4.52 Å². The molecule has 4 heterocycles. The Kier molecular flexibility index (Phi) is 6.38. The Balaban J connectivity index is 1.30. The second-order valence-corrected chi connectivity index (χ2v) is 9.48. The number of benzene rings is 2. The first-order valence-electron chi connectivity index (χ1n) is 12.0. The maximum Gasteiger partial charge on any atom is 0.410 e. The monoisotopic (exact) mass is 575 g/mol. The first-order valence-corrected chi connectivity index (χ1v) is 12.8. The van der Waals surface area contributed by atoms with Crippen LogP contribution in [0, 0.1) is 0 Å². The van der Waals surface area contributed by atoms with Crippen LogP contribution < -0.4 is 10.6 Å². The third kappa shape index (κ3) is 4.77. The first kappa shape index (κ1) is 23.9. The zero-order valence-corrected chi connectivity index (χ0v) is 21.6. The van der Waals surface area contributed by atoms with Gasteiger partial charge in [0.2, 0.25) is 17.7 Å². The Morgan fingerprint density at radius 2 is 1.92 bits per heavy atom. The van der Waals surface area contributed by atoms with Crippen molar-refractivity contribution in [2.75, 3.05) is 25.0 Å². The van der Waals surface area contributed by atoms with Gasteiger partial charge in [-0.1, -0.05) is 42.5 Å². The molecule has 11 nitrogen and oxygen atoms in total. The van der Waals surface area contributed by atoms with Crippen molar-refractivity contribution in [1.82, 2.24) is 29.8 Å². The number of carbonyl (C=O) groups is 2. The van der Waals surface area contributed by atoms with Gasteiger partial charge in [-0.15, -0.1) is 5.10 Å². The van der Waals surface area contributed by atoms with E-state index < -0.39 is 12.1 Å². The Morgan fingerprint density at radius 3 is 2.74 bits per heavy atom. The molecule has 1 atom stereocenters. The molecule has 38 heavy (non-hydrogen) atoms. The molecule has 2 amide bonds. The summed E-state index contributed by atoms with van der Waals surface area (Å²) in [6.07, 6.45) is -0.500. The maximum absolute atomic E-state index is 12.9. The summed E-state index contributed by atoms with van der Waals surface area (Å²) in [6, 6.07) is 19.7. The minimum absolute atomic E-state index is 0.0855. The van der Waals surface area contributed by atoms with Crippen molar-refractivity contribution in [2.45, 2.75) is 12.6 Å². The molecule has 0 radical (unpaired) electrons. The van der Waals surface area contributed by atoms with Crippen molar-refractivity contribution >= 4 is 50.4 Å². The molecule has 1 fully saturated rings. The molecule has 5 aromatic rings. The van der Waals surface area contributed by atoms with Crippen LogP contribution in [0.3, 0.4) is 0 Å². The Bertz CT molecular complexity index is 1640. The van der Waals surface area contributed by atoms with Crippen molar-refractivity contribution < 1.29 is 18.7 Å². The van der Waals surface area contributed by atoms with Gasteiger partial charge in [-0.3, -0.25) is 4.79 Å². The topological polar surface area (TPSA) is 127 Å². The molecular formula is C26H22BrN7O4. The second kappa shape index (κ2) is 10.1. The molecule has 0 unspecified atom stereocenters. The molecule has 1 aliphatic heterocycles. The van der Waals surface area contributed by atoms with Crippen LogP contribution in [0.15, 0.2) is 75.8 Å². The molecule has 192 valence electrons. The highest BCUT2D eigenvalue weighted by molar-refractivity contribution is 9.10. The molecular weight excluding hydrogens is 554 g/mol. The van der Waals surface area contributed by atoms with Crippen LogP contribution in [0.5, 0.6) is 0 Å². The Hall–Kier alpha value is -4.45. The summed E-state index contributed by atoms with van der Waals surface area (Å²) < 4.78 is 13.3. The molecule has 2 aromatic carbocycles. The van der Waals surface area contributed by atoms with E-state index in [1.165, 1.54) is 4.90 Å². The number of hydrogen-bond acceptors (Lipinski definition) is 8. The summed E-state index contributed by atoms with van der Waals surface area (Å²) in [4.78, 5) is 36.7. The molecule has 12 heteroatoms. The van der Waals surface area contributed by atoms with Gasteiger partial charge in [-0.25, -0.2) is 14.8 Å². The van der Waals surface area contributed by atoms with Crippen LogP contribution in [0.25, 0.3) is 28.1 Å². The van der Waals surface area contributed by atoms with Gasteiger partial charge in [0.1, 0.15) is 12.6 Å². The van der Waals surface area contributed by atoms with Gasteiger partial charge in [0.15, 0.2) is 16.1 Å². The number of carbonyl (C=O) groups excluding carboxylic acids is 2. The van der Waals surface area contributed by atoms with Crippen LogP contribution in [-0.2, 0) is 16.1 Å². The number of halogens is 1. The van der Waals surface area contributed by atoms with Crippen molar-refractivity contribution in [3.8, 4) is 11.6 Å². The molecule has 1 saturated heterocycles. The lowest BCUT2D eigenvalue weighted by atomic mass is 10.2. The summed E-state index contributed by atoms with van der Waals surface area (Å²) in [5.74, 6) is 0.896. The Morgan fingerprint density at radius 1 is 1.11 bits per heavy atom. The largest absolute Gasteiger partial charge is 0.446 e. The number of ether oxygens (including phenoxy) is 1. The molecule has 0 bridgehead atoms. The van der Waals surface area contributed by atoms with Crippen LogP contribution in [0.4, 0.5) is 10.7 Å². The average Bonchev–Trinajstić information content (AvgIpc) is 3.53. The Labute approximate surface area is 224 Å². The van der Waals surface area contributed by atoms with Crippen LogP contribution in [0.1, 0.15) is 5.56 Å². The van der Waals surface area contributed by atoms with E-state index in [9.17, 15) is 9.59 Å². The quantitative estimate of drug-likeness (QED) is 0.323. The van der Waals surface area contributed by atoms with Crippen LogP contribution >= 0.6 is 15.9 Å². The van der Waals surface area contributed by atoms with Crippen molar-refractivity contribution in [3.05, 3.63) is 77.0 Å². The maximum atomic E-state index is 12.9. The van der Waals surface area contributed by atoms with E-state index in [4.69, 9.17) is 14.1 Å². The number of furan rings is 1. The summed E-state index contributed by atoms with van der Waals surface area (Å²) in [5.41, 5.74) is 2.11. The van der Waals surface area contributed by atoms with Crippen LogP contribution in [0.2, 0.25) is 0 Å². The highest BCUT2D eigenvalue weighted by Gasteiger charge is 2.30. The van der Waals surface area contributed by atoms with E-state index in [0.717, 1.165) is 10.9 Å². The van der Waals surface area contributed by atoms with E-state index in [1.807, 2.05) is 54.6 Å². The van der Waals surface area contributed by atoms with Gasteiger partial charge in [-0.05, 0) is 45.8 Å². The van der Waals surface area contributed by atoms with Crippen LogP contribution in [-0.4, -0.2) is 62.2 Å². The smallest absolute Gasteiger partial charge is 0.410 e. The fraction of sp³-hybridized carbons (Fsp3) is 0.192. The van der Waals surface area contributed by atoms with E-state index in [2.05, 4.69) is 36.6 Å². The summed E-state index contributed by atoms with van der Waals surface area (Å²) in [5, 5.41) is 11.4. The third-order valence-electron chi connectivity index (χ3n) is 6.14. The predicted molar refractivity (Wildman–Crippen MR) is 142 cm³/mol. The average molecular weight is 576 g/mol. The number of hydrogen-bond donors (Lipinski definition) is 2. The number of nitrogens with one attached hydrogen (secondary N) is 2. The molecule has 1 aliphatic rings. The van der Waals surface area contributed by atoms with Gasteiger partial charge < -0.3 is 24.7 Å². The number of nitrogens with zero attached hydrogens (tertiary/aromatic N) is 5. The number of rotatable bonds is 5. The summed E-state index contributed by atoms with van der Waals surface area (Å²) in [6.45, 7) is 0.854. The van der Waals surface area contributed by atoms with Crippen molar-refractivity contribution in [1.29, 1.82) is 0 Å². The highest BCUT2D eigenvalue weighted by atomic mass is 79.9. The zero-order chi connectivity index (χ0) is 26.1. The third-order valence-corrected chi connectivity index (χ3v) is 6.57. The van der Waals surface area contributed by atoms with Crippen molar-refractivity contribution in [3.63, 3.8) is 0 Å². The fourth-order valence-electron chi connectivity index (χ4n) is 4.26. The minimum atomic E-state index is -0.802. The predicted octanol–water partition coefficient (Wildman–Crippen LogP) is 3.85. The number of aromatic nitrogens is 4. The minimum Gasteiger partial charge on any atom is -0.446 e. The van der Waals surface area contributed by atoms with Gasteiger partial charge in [0.05, 0.1) is 12.1 Å². The first-order chi connectivity index (χ1) is 18.5. The van der Waals surface area contributed by atoms with E-state index in [1.54, 1.807) is 16.6 Å². The number of amides is 2. The van der Waals surface area contributed by atoms with Gasteiger partial charge >= 0.3 is 6.09 Å². The molecule has 0 saturated carbocycles. The second-order valence-electron chi connectivity index (χ2n) is 8.70. The lowest BCUT2D eigenvalue weighted by Gasteiger charge is -2.23. The lowest BCUT2D eigenvalue weighted by molar-refractivity contribution is -0.121. The van der Waals surface area contributed by atoms with Gasteiger partial charge in [0, 0.05) is 18.5 Å². The standard InChI is InChI=1S/C26H22BrN7O4/c27-21-11-10-20(38-21)22-31-23-17-8-4-5-9-18(17)29-25(34(23)32-22)30-19-14-33(13-12-28-24(19)35)26(36)37-15-16-6-2-1-3-7-16/h1-11,19H,12-15H2,(H,28,35)(H,29,30)/t19-/m1/s1. The molecule has 2 N–H and O–H groups in total. The lowest BCUT2D eigenvalue weighted by Crippen LogP contribution is -2.44. The number of anilines is 1. The summed E-state index contributed by atoms with van der Waals surface area (Å²) >= 11 is 3.31. The van der Waals surface area contributed by atoms with Crippen molar-refractivity contribution in [2.24, 2.45) is 0 Å². The normalized spacial score (nSPS) is 15.9. The SMILES string of the molecule is O=C1NCCN(C(=O)OCc2ccccc2)C[C@H]1Nc1nc2ccccc2c2nc(-c3ccc(Br)o3)nn12. The molecule has 6 rings (SSSR count). The molecule has 0 spiro atoms. The zero-order valence-electron chi connectivity index (χ0n) is 20.0. The van der Waals surface area contributed by atoms with E-state index in [0.29, 0.717) is 46.5 Å². The van der Waals surface area contributed by atoms with Gasteiger partial charge in [0.25, 0.3) is 0 Å². The highest BCUT2D eigenvalue weighted by Crippen LogP contribution is 2.27. The molecule has 0 aliphatic carbocycles. The number of para-hydroxylation sites is 1. The summed E-state index contributed by atoms with van der Waals surface area (Å²) in [7, 11) is 0.